The number of rotatable bonds is 6. The molecular formula is C32H42O10. The number of esters is 4. The number of ether oxygens (including phenoxy) is 4. The SMILES string of the molecule is CC[C@H](C)C(=O)O[C@@H]1[C@@H]2CC3=C4CC(=O)O[C@@H](C5=C[C@@H](O)OC5=O)[C@]4(C)CC[C@@H]3[C@@](C)(C2=O)[C@@H](CC(=O)OC)C1(C)C. The van der Waals surface area contributed by atoms with Gasteiger partial charge in [-0.25, -0.2) is 4.79 Å². The lowest BCUT2D eigenvalue weighted by molar-refractivity contribution is -0.200. The van der Waals surface area contributed by atoms with Gasteiger partial charge in [0, 0.05) is 22.7 Å². The molecule has 0 radical (unpaired) electrons. The Labute approximate surface area is 246 Å². The van der Waals surface area contributed by atoms with Crippen LogP contribution in [0.5, 0.6) is 0 Å². The normalized spacial score (nSPS) is 39.3. The third kappa shape index (κ3) is 4.35. The van der Waals surface area contributed by atoms with Crippen molar-refractivity contribution in [3.63, 3.8) is 0 Å². The van der Waals surface area contributed by atoms with E-state index in [1.807, 2.05) is 34.6 Å². The van der Waals surface area contributed by atoms with E-state index >= 15 is 0 Å². The summed E-state index contributed by atoms with van der Waals surface area (Å²) in [5, 5.41) is 9.95. The van der Waals surface area contributed by atoms with Crippen LogP contribution in [0.2, 0.25) is 0 Å². The van der Waals surface area contributed by atoms with Gasteiger partial charge in [0.2, 0.25) is 6.29 Å². The average molecular weight is 587 g/mol. The van der Waals surface area contributed by atoms with Crippen LogP contribution in [-0.4, -0.2) is 60.4 Å². The largest absolute Gasteiger partial charge is 0.469 e. The van der Waals surface area contributed by atoms with Crippen LogP contribution in [0.15, 0.2) is 22.8 Å². The van der Waals surface area contributed by atoms with Gasteiger partial charge in [0.15, 0.2) is 0 Å². The van der Waals surface area contributed by atoms with Crippen LogP contribution in [0.3, 0.4) is 0 Å². The number of Topliss-reactive ketones (excluding diaryl/α,β-unsaturated/α-hetero) is 1. The van der Waals surface area contributed by atoms with E-state index in [9.17, 15) is 29.1 Å². The van der Waals surface area contributed by atoms with Crippen molar-refractivity contribution in [3.8, 4) is 0 Å². The van der Waals surface area contributed by atoms with Gasteiger partial charge in [-0.3, -0.25) is 19.2 Å². The Balaban J connectivity index is 1.67. The molecule has 9 atom stereocenters. The standard InChI is InChI=1S/C32H42O10/c1-8-15(2)28(37)42-26-17-11-16-19(32(6,25(17)36)21(30(26,3)4)14-22(33)39-7)9-10-31(5)20(16)13-24(35)40-27(31)18-12-23(34)41-29(18)38/h12,15,17,19,21,23,26-27,34H,8-11,13-14H2,1-7H3/t15-,17+,19-,21-,23-,26+,27-,31+,32+/m0/s1. The molecule has 42 heavy (non-hydrogen) atoms. The van der Waals surface area contributed by atoms with Gasteiger partial charge in [0.1, 0.15) is 18.0 Å². The van der Waals surface area contributed by atoms with Gasteiger partial charge < -0.3 is 24.1 Å². The molecule has 0 spiro atoms. The average Bonchev–Trinajstić information content (AvgIpc) is 3.27. The number of carbonyl (C=O) groups excluding carboxylic acids is 5. The third-order valence-electron chi connectivity index (χ3n) is 11.3. The van der Waals surface area contributed by atoms with Crippen LogP contribution in [0.1, 0.15) is 80.1 Å². The Kier molecular flexibility index (Phi) is 7.48. The Hall–Kier alpha value is -3.01. The first kappa shape index (κ1) is 30.4. The summed E-state index contributed by atoms with van der Waals surface area (Å²) in [7, 11) is 1.32. The van der Waals surface area contributed by atoms with E-state index < -0.39 is 64.5 Å². The van der Waals surface area contributed by atoms with Gasteiger partial charge in [-0.05, 0) is 49.2 Å². The van der Waals surface area contributed by atoms with Crippen molar-refractivity contribution in [3.05, 3.63) is 22.8 Å². The summed E-state index contributed by atoms with van der Waals surface area (Å²) in [6.45, 7) is 11.5. The van der Waals surface area contributed by atoms with E-state index in [-0.39, 0.29) is 42.0 Å². The monoisotopic (exact) mass is 586 g/mol. The van der Waals surface area contributed by atoms with Gasteiger partial charge in [0.25, 0.3) is 0 Å². The highest BCUT2D eigenvalue weighted by molar-refractivity contribution is 5.94. The van der Waals surface area contributed by atoms with Gasteiger partial charge >= 0.3 is 23.9 Å². The number of ketones is 1. The summed E-state index contributed by atoms with van der Waals surface area (Å²) in [5.74, 6) is -3.88. The molecule has 10 nitrogen and oxygen atoms in total. The van der Waals surface area contributed by atoms with E-state index in [0.717, 1.165) is 11.1 Å². The number of allylic oxidation sites excluding steroid dienone is 1. The predicted octanol–water partition coefficient (Wildman–Crippen LogP) is 3.59. The van der Waals surface area contributed by atoms with Crippen molar-refractivity contribution in [2.24, 2.45) is 39.9 Å². The molecule has 2 aliphatic heterocycles. The third-order valence-corrected chi connectivity index (χ3v) is 11.3. The van der Waals surface area contributed by atoms with Crippen LogP contribution in [-0.2, 0) is 42.9 Å². The molecule has 2 saturated carbocycles. The Morgan fingerprint density at radius 3 is 2.43 bits per heavy atom. The number of hydrogen-bond acceptors (Lipinski definition) is 10. The minimum absolute atomic E-state index is 0.00306. The number of methoxy groups -OCH3 is 1. The first-order valence-corrected chi connectivity index (χ1v) is 14.9. The summed E-state index contributed by atoms with van der Waals surface area (Å²) in [4.78, 5) is 66.1. The summed E-state index contributed by atoms with van der Waals surface area (Å²) < 4.78 is 21.9. The topological polar surface area (TPSA) is 142 Å². The molecular weight excluding hydrogens is 544 g/mol. The Morgan fingerprint density at radius 2 is 1.83 bits per heavy atom. The molecule has 10 heteroatoms. The zero-order valence-corrected chi connectivity index (χ0v) is 25.5. The molecule has 1 N–H and O–H groups in total. The molecule has 0 amide bonds. The maximum absolute atomic E-state index is 14.5. The number of hydrogen-bond donors (Lipinski definition) is 1. The maximum Gasteiger partial charge on any atom is 0.340 e. The molecule has 0 aromatic rings. The maximum atomic E-state index is 14.5. The fourth-order valence-electron chi connectivity index (χ4n) is 8.78. The van der Waals surface area contributed by atoms with Crippen LogP contribution in [0.25, 0.3) is 0 Å². The molecule has 0 aromatic carbocycles. The molecule has 0 unspecified atom stereocenters. The second kappa shape index (κ2) is 10.3. The van der Waals surface area contributed by atoms with E-state index in [1.54, 1.807) is 6.92 Å². The molecule has 0 aromatic heterocycles. The lowest BCUT2D eigenvalue weighted by Gasteiger charge is -2.63. The van der Waals surface area contributed by atoms with E-state index in [2.05, 4.69) is 0 Å². The number of carbonyl (C=O) groups is 5. The van der Waals surface area contributed by atoms with Crippen molar-refractivity contribution in [1.82, 2.24) is 0 Å². The fraction of sp³-hybridized carbons (Fsp3) is 0.719. The van der Waals surface area contributed by atoms with Crippen molar-refractivity contribution in [1.29, 1.82) is 0 Å². The molecule has 3 aliphatic carbocycles. The van der Waals surface area contributed by atoms with Crippen LogP contribution >= 0.6 is 0 Å². The van der Waals surface area contributed by atoms with E-state index in [1.165, 1.54) is 13.2 Å². The first-order chi connectivity index (χ1) is 19.6. The lowest BCUT2D eigenvalue weighted by Crippen LogP contribution is -2.67. The highest BCUT2D eigenvalue weighted by Gasteiger charge is 2.69. The van der Waals surface area contributed by atoms with Gasteiger partial charge in [-0.15, -0.1) is 0 Å². The van der Waals surface area contributed by atoms with Gasteiger partial charge in [-0.1, -0.05) is 47.1 Å². The number of fused-ring (bicyclic) bond motifs is 5. The second-order valence-corrected chi connectivity index (χ2v) is 13.8. The summed E-state index contributed by atoms with van der Waals surface area (Å²) in [5.41, 5.74) is -0.609. The van der Waals surface area contributed by atoms with Crippen LogP contribution < -0.4 is 0 Å². The van der Waals surface area contributed by atoms with Crippen LogP contribution in [0.4, 0.5) is 0 Å². The van der Waals surface area contributed by atoms with Crippen molar-refractivity contribution < 1.29 is 48.0 Å². The zero-order chi connectivity index (χ0) is 30.9. The summed E-state index contributed by atoms with van der Waals surface area (Å²) in [6.07, 6.45) is 0.0975. The smallest absolute Gasteiger partial charge is 0.340 e. The van der Waals surface area contributed by atoms with Gasteiger partial charge in [0.05, 0.1) is 30.9 Å². The lowest BCUT2D eigenvalue weighted by atomic mass is 9.40. The molecule has 2 bridgehead atoms. The highest BCUT2D eigenvalue weighted by atomic mass is 16.6. The van der Waals surface area contributed by atoms with Crippen LogP contribution in [0, 0.1) is 39.9 Å². The number of cyclic esters (lactones) is 2. The number of aliphatic hydroxyl groups is 1. The zero-order valence-electron chi connectivity index (χ0n) is 25.5. The van der Waals surface area contributed by atoms with Crippen molar-refractivity contribution >= 4 is 29.7 Å². The minimum Gasteiger partial charge on any atom is -0.469 e. The second-order valence-electron chi connectivity index (χ2n) is 13.8. The minimum atomic E-state index is -1.41. The van der Waals surface area contributed by atoms with E-state index in [4.69, 9.17) is 18.9 Å². The first-order valence-electron chi connectivity index (χ1n) is 14.9. The summed E-state index contributed by atoms with van der Waals surface area (Å²) >= 11 is 0. The quantitative estimate of drug-likeness (QED) is 0.279. The molecule has 5 rings (SSSR count). The number of aliphatic hydroxyl groups excluding tert-OH is 1. The van der Waals surface area contributed by atoms with Crippen molar-refractivity contribution in [2.75, 3.05) is 7.11 Å². The molecule has 3 fully saturated rings. The predicted molar refractivity (Wildman–Crippen MR) is 147 cm³/mol. The highest BCUT2D eigenvalue weighted by Crippen LogP contribution is 2.67. The Morgan fingerprint density at radius 1 is 1.14 bits per heavy atom. The van der Waals surface area contributed by atoms with Crippen molar-refractivity contribution in [2.45, 2.75) is 98.6 Å². The molecule has 5 aliphatic rings. The Bertz CT molecular complexity index is 1290. The molecule has 1 saturated heterocycles. The van der Waals surface area contributed by atoms with E-state index in [0.29, 0.717) is 25.7 Å². The molecule has 2 heterocycles. The summed E-state index contributed by atoms with van der Waals surface area (Å²) in [6, 6.07) is 0. The fourth-order valence-corrected chi connectivity index (χ4v) is 8.78. The van der Waals surface area contributed by atoms with Gasteiger partial charge in [-0.2, -0.15) is 0 Å². The molecule has 230 valence electrons.